The first-order valence-electron chi connectivity index (χ1n) is 9.45. The number of tetrazole rings is 1. The number of halogens is 3. The van der Waals surface area contributed by atoms with Gasteiger partial charge in [0.1, 0.15) is 11.6 Å². The second-order valence-corrected chi connectivity index (χ2v) is 7.41. The maximum atomic E-state index is 13.9. The van der Waals surface area contributed by atoms with Crippen molar-refractivity contribution in [2.45, 2.75) is 31.1 Å². The van der Waals surface area contributed by atoms with Crippen LogP contribution in [0.2, 0.25) is 0 Å². The van der Waals surface area contributed by atoms with Gasteiger partial charge in [0.25, 0.3) is 0 Å². The minimum Gasteiger partial charge on any atom is -0.310 e. The maximum Gasteiger partial charge on any atom is 0.248 e. The molecule has 1 saturated carbocycles. The highest BCUT2D eigenvalue weighted by molar-refractivity contribution is 5.95. The fourth-order valence-electron chi connectivity index (χ4n) is 3.82. The van der Waals surface area contributed by atoms with Crippen LogP contribution in [0, 0.1) is 11.7 Å². The molecule has 0 saturated heterocycles. The van der Waals surface area contributed by atoms with Gasteiger partial charge in [0.05, 0.1) is 13.0 Å². The molecule has 0 radical (unpaired) electrons. The van der Waals surface area contributed by atoms with Gasteiger partial charge >= 0.3 is 0 Å². The molecule has 2 aromatic heterocycles. The molecule has 0 unspecified atom stereocenters. The van der Waals surface area contributed by atoms with E-state index in [-0.39, 0.29) is 25.1 Å². The molecular weight excluding hydrogens is 397 g/mol. The molecule has 1 aliphatic rings. The number of aryl methyl sites for hydroxylation is 1. The zero-order valence-electron chi connectivity index (χ0n) is 16.1. The van der Waals surface area contributed by atoms with E-state index in [9.17, 15) is 18.0 Å². The molecule has 1 amide bonds. The van der Waals surface area contributed by atoms with Gasteiger partial charge in [-0.25, -0.2) is 18.2 Å². The number of carbonyl (C=O) groups is 1. The van der Waals surface area contributed by atoms with Gasteiger partial charge in [-0.05, 0) is 29.2 Å². The summed E-state index contributed by atoms with van der Waals surface area (Å²) in [5, 5.41) is 14.4. The molecule has 1 aromatic carbocycles. The van der Waals surface area contributed by atoms with E-state index in [1.54, 1.807) is 31.3 Å². The van der Waals surface area contributed by atoms with Crippen molar-refractivity contribution < 1.29 is 18.0 Å². The molecule has 156 valence electrons. The van der Waals surface area contributed by atoms with Crippen molar-refractivity contribution in [2.75, 3.05) is 5.32 Å². The number of carbonyl (C=O) groups excluding carboxylic acids is 1. The van der Waals surface area contributed by atoms with E-state index in [1.807, 2.05) is 0 Å². The SMILES string of the molecule is Cn1nnc(-c2ccc([C@@H](C(=O)Nc3cc(F)ccn3)[C@H]3CCC(F)(F)C3)cc2)n1. The third-order valence-corrected chi connectivity index (χ3v) is 5.21. The molecule has 1 N–H and O–H groups in total. The van der Waals surface area contributed by atoms with Crippen molar-refractivity contribution in [3.8, 4) is 11.4 Å². The average Bonchev–Trinajstić information content (AvgIpc) is 3.28. The number of benzene rings is 1. The molecular formula is C20H19F3N6O. The molecule has 2 atom stereocenters. The second kappa shape index (κ2) is 7.85. The highest BCUT2D eigenvalue weighted by atomic mass is 19.3. The summed E-state index contributed by atoms with van der Waals surface area (Å²) in [4.78, 5) is 18.3. The first kappa shape index (κ1) is 20.0. The number of anilines is 1. The van der Waals surface area contributed by atoms with Gasteiger partial charge in [-0.3, -0.25) is 4.79 Å². The Morgan fingerprint density at radius 2 is 2.03 bits per heavy atom. The van der Waals surface area contributed by atoms with Crippen molar-refractivity contribution in [2.24, 2.45) is 13.0 Å². The number of alkyl halides is 2. The first-order chi connectivity index (χ1) is 14.3. The fourth-order valence-corrected chi connectivity index (χ4v) is 3.82. The standard InChI is InChI=1S/C20H19F3N6O/c1-29-27-18(26-28-29)13-4-2-12(3-5-13)17(14-6-8-20(22,23)11-14)19(30)25-16-10-15(21)7-9-24-16/h2-5,7,9-10,14,17H,6,8,11H2,1H3,(H,24,25,30)/t14-,17+/m0/s1. The number of pyridine rings is 1. The minimum atomic E-state index is -2.80. The minimum absolute atomic E-state index is 0.0372. The predicted molar refractivity (Wildman–Crippen MR) is 102 cm³/mol. The largest absolute Gasteiger partial charge is 0.310 e. The molecule has 0 bridgehead atoms. The highest BCUT2D eigenvalue weighted by Crippen LogP contribution is 2.45. The zero-order chi connectivity index (χ0) is 21.3. The summed E-state index contributed by atoms with van der Waals surface area (Å²) >= 11 is 0. The van der Waals surface area contributed by atoms with Crippen LogP contribution in [0.5, 0.6) is 0 Å². The van der Waals surface area contributed by atoms with Crippen LogP contribution in [0.25, 0.3) is 11.4 Å². The zero-order valence-corrected chi connectivity index (χ0v) is 16.1. The molecule has 30 heavy (non-hydrogen) atoms. The summed E-state index contributed by atoms with van der Waals surface area (Å²) in [5.41, 5.74) is 1.27. The predicted octanol–water partition coefficient (Wildman–Crippen LogP) is 3.57. The van der Waals surface area contributed by atoms with Gasteiger partial charge in [-0.1, -0.05) is 24.3 Å². The molecule has 1 fully saturated rings. The summed E-state index contributed by atoms with van der Waals surface area (Å²) in [5.74, 6) is -4.77. The molecule has 0 spiro atoms. The van der Waals surface area contributed by atoms with Crippen LogP contribution in [0.3, 0.4) is 0 Å². The van der Waals surface area contributed by atoms with E-state index in [2.05, 4.69) is 25.7 Å². The molecule has 1 aliphatic carbocycles. The molecule has 0 aliphatic heterocycles. The summed E-state index contributed by atoms with van der Waals surface area (Å²) < 4.78 is 41.2. The summed E-state index contributed by atoms with van der Waals surface area (Å²) in [7, 11) is 1.64. The lowest BCUT2D eigenvalue weighted by atomic mass is 9.83. The molecule has 3 aromatic rings. The first-order valence-corrected chi connectivity index (χ1v) is 9.45. The Hall–Kier alpha value is -3.30. The Balaban J connectivity index is 1.62. The van der Waals surface area contributed by atoms with E-state index in [1.165, 1.54) is 11.0 Å². The summed E-state index contributed by atoms with van der Waals surface area (Å²) in [6.07, 6.45) is 0.803. The van der Waals surface area contributed by atoms with Gasteiger partial charge in [-0.15, -0.1) is 10.2 Å². The van der Waals surface area contributed by atoms with Gasteiger partial charge < -0.3 is 5.32 Å². The van der Waals surface area contributed by atoms with Crippen molar-refractivity contribution in [1.29, 1.82) is 0 Å². The topological polar surface area (TPSA) is 85.6 Å². The van der Waals surface area contributed by atoms with Gasteiger partial charge in [0.15, 0.2) is 0 Å². The van der Waals surface area contributed by atoms with Gasteiger partial charge in [0, 0.05) is 30.7 Å². The number of aromatic nitrogens is 5. The highest BCUT2D eigenvalue weighted by Gasteiger charge is 2.45. The molecule has 7 nitrogen and oxygen atoms in total. The third kappa shape index (κ3) is 4.32. The quantitative estimate of drug-likeness (QED) is 0.687. The molecule has 4 rings (SSSR count). The van der Waals surface area contributed by atoms with Crippen LogP contribution in [0.15, 0.2) is 42.6 Å². The third-order valence-electron chi connectivity index (χ3n) is 5.21. The van der Waals surface area contributed by atoms with E-state index in [0.29, 0.717) is 17.0 Å². The van der Waals surface area contributed by atoms with Crippen molar-refractivity contribution in [1.82, 2.24) is 25.2 Å². The number of hydrogen-bond donors (Lipinski definition) is 1. The Bertz CT molecular complexity index is 1050. The van der Waals surface area contributed by atoms with Crippen LogP contribution in [0.1, 0.15) is 30.7 Å². The Morgan fingerprint density at radius 1 is 1.27 bits per heavy atom. The van der Waals surface area contributed by atoms with E-state index >= 15 is 0 Å². The van der Waals surface area contributed by atoms with E-state index < -0.39 is 29.5 Å². The number of amides is 1. The second-order valence-electron chi connectivity index (χ2n) is 7.41. The van der Waals surface area contributed by atoms with Crippen LogP contribution >= 0.6 is 0 Å². The summed E-state index contributed by atoms with van der Waals surface area (Å²) in [6.45, 7) is 0. The number of hydrogen-bond acceptors (Lipinski definition) is 5. The number of rotatable bonds is 5. The Morgan fingerprint density at radius 3 is 2.63 bits per heavy atom. The van der Waals surface area contributed by atoms with Crippen molar-refractivity contribution >= 4 is 11.7 Å². The van der Waals surface area contributed by atoms with E-state index in [4.69, 9.17) is 0 Å². The smallest absolute Gasteiger partial charge is 0.248 e. The lowest BCUT2D eigenvalue weighted by molar-refractivity contribution is -0.118. The lowest BCUT2D eigenvalue weighted by Gasteiger charge is -2.23. The van der Waals surface area contributed by atoms with Gasteiger partial charge in [0.2, 0.25) is 17.7 Å². The Labute approximate surface area is 170 Å². The van der Waals surface area contributed by atoms with Crippen LogP contribution < -0.4 is 5.32 Å². The van der Waals surface area contributed by atoms with Crippen LogP contribution in [0.4, 0.5) is 19.0 Å². The molecule has 10 heteroatoms. The van der Waals surface area contributed by atoms with Crippen LogP contribution in [-0.2, 0) is 11.8 Å². The number of nitrogens with one attached hydrogen (secondary N) is 1. The summed E-state index contributed by atoms with van der Waals surface area (Å²) in [6, 6.07) is 9.09. The van der Waals surface area contributed by atoms with Gasteiger partial charge in [-0.2, -0.15) is 4.80 Å². The monoisotopic (exact) mass is 416 g/mol. The van der Waals surface area contributed by atoms with E-state index in [0.717, 1.165) is 12.1 Å². The molecule has 2 heterocycles. The maximum absolute atomic E-state index is 13.9. The van der Waals surface area contributed by atoms with Crippen molar-refractivity contribution in [3.63, 3.8) is 0 Å². The fraction of sp³-hybridized carbons (Fsp3) is 0.350. The van der Waals surface area contributed by atoms with Crippen molar-refractivity contribution in [3.05, 3.63) is 54.0 Å². The number of nitrogens with zero attached hydrogens (tertiary/aromatic N) is 5. The van der Waals surface area contributed by atoms with Crippen LogP contribution in [-0.4, -0.2) is 37.0 Å². The Kier molecular flexibility index (Phi) is 5.23. The lowest BCUT2D eigenvalue weighted by Crippen LogP contribution is -2.28. The normalized spacial score (nSPS) is 18.9. The average molecular weight is 416 g/mol.